The van der Waals surface area contributed by atoms with Gasteiger partial charge in [-0.25, -0.2) is 0 Å². The molecule has 0 bridgehead atoms. The summed E-state index contributed by atoms with van der Waals surface area (Å²) in [5.41, 5.74) is 2.26. The van der Waals surface area contributed by atoms with Crippen molar-refractivity contribution in [3.63, 3.8) is 0 Å². The molecule has 0 N–H and O–H groups in total. The van der Waals surface area contributed by atoms with Crippen molar-refractivity contribution in [3.8, 4) is 0 Å². The Bertz CT molecular complexity index is 777. The molecule has 2 aromatic rings. The quantitative estimate of drug-likeness (QED) is 0.764. The van der Waals surface area contributed by atoms with Crippen LogP contribution in [-0.4, -0.2) is 25.2 Å². The lowest BCUT2D eigenvalue weighted by atomic mass is 10.1. The van der Waals surface area contributed by atoms with Crippen LogP contribution in [0.3, 0.4) is 0 Å². The fraction of sp³-hybridized carbons (Fsp3) is 0.286. The Labute approximate surface area is 139 Å². The third-order valence-corrected chi connectivity index (χ3v) is 5.13. The minimum Gasteiger partial charge on any atom is -0.266 e. The van der Waals surface area contributed by atoms with Crippen molar-refractivity contribution >= 4 is 33.3 Å². The van der Waals surface area contributed by atoms with Crippen LogP contribution >= 0.6 is 23.2 Å². The molecule has 0 fully saturated rings. The van der Waals surface area contributed by atoms with Crippen molar-refractivity contribution in [2.45, 2.75) is 25.2 Å². The molecule has 0 aliphatic rings. The molecule has 22 heavy (non-hydrogen) atoms. The van der Waals surface area contributed by atoms with Crippen LogP contribution in [0.2, 0.25) is 10.3 Å². The summed E-state index contributed by atoms with van der Waals surface area (Å²) in [5, 5.41) is 7.81. The van der Waals surface area contributed by atoms with E-state index in [0.29, 0.717) is 11.1 Å². The molecule has 1 aromatic carbocycles. The van der Waals surface area contributed by atoms with Crippen molar-refractivity contribution in [2.24, 2.45) is 0 Å². The summed E-state index contributed by atoms with van der Waals surface area (Å²) in [4.78, 5) is 0.117. The molecule has 0 spiro atoms. The summed E-state index contributed by atoms with van der Waals surface area (Å²) in [6.45, 7) is 3.56. The smallest absolute Gasteiger partial charge is 0.266 e. The molecule has 1 aromatic heterocycles. The van der Waals surface area contributed by atoms with Gasteiger partial charge in [0, 0.05) is 6.42 Å². The molecular formula is C14H14Cl2N2O3S. The van der Waals surface area contributed by atoms with Gasteiger partial charge in [-0.3, -0.25) is 4.18 Å². The highest BCUT2D eigenvalue weighted by molar-refractivity contribution is 7.86. The van der Waals surface area contributed by atoms with Crippen molar-refractivity contribution in [1.29, 1.82) is 0 Å². The lowest BCUT2D eigenvalue weighted by Crippen LogP contribution is -2.10. The zero-order chi connectivity index (χ0) is 16.3. The SMILES string of the molecule is Cc1ccc(S(=O)(=O)OCCc2c(Cl)nnc(Cl)c2C)cc1. The lowest BCUT2D eigenvalue weighted by Gasteiger charge is -2.09. The van der Waals surface area contributed by atoms with Crippen LogP contribution in [0.1, 0.15) is 16.7 Å². The van der Waals surface area contributed by atoms with Gasteiger partial charge in [-0.2, -0.15) is 8.42 Å². The number of hydrogen-bond acceptors (Lipinski definition) is 5. The highest BCUT2D eigenvalue weighted by Gasteiger charge is 2.16. The molecule has 0 atom stereocenters. The van der Waals surface area contributed by atoms with Gasteiger partial charge in [0.15, 0.2) is 10.3 Å². The van der Waals surface area contributed by atoms with Gasteiger partial charge in [0.05, 0.1) is 11.5 Å². The standard InChI is InChI=1S/C14H14Cl2N2O3S/c1-9-3-5-11(6-4-9)22(19,20)21-8-7-12-10(2)13(15)17-18-14(12)16/h3-6H,7-8H2,1-2H3. The fourth-order valence-electron chi connectivity index (χ4n) is 1.82. The third kappa shape index (κ3) is 3.95. The van der Waals surface area contributed by atoms with E-state index in [4.69, 9.17) is 27.4 Å². The first-order chi connectivity index (χ1) is 10.3. The summed E-state index contributed by atoms with van der Waals surface area (Å²) in [6, 6.07) is 6.44. The zero-order valence-electron chi connectivity index (χ0n) is 12.0. The van der Waals surface area contributed by atoms with E-state index in [1.165, 1.54) is 12.1 Å². The van der Waals surface area contributed by atoms with Crippen LogP contribution in [0.4, 0.5) is 0 Å². The second kappa shape index (κ2) is 6.91. The average molecular weight is 361 g/mol. The highest BCUT2D eigenvalue weighted by atomic mass is 35.5. The Hall–Kier alpha value is -1.21. The maximum atomic E-state index is 12.1. The van der Waals surface area contributed by atoms with Gasteiger partial charge in [0.25, 0.3) is 10.1 Å². The van der Waals surface area contributed by atoms with E-state index in [1.54, 1.807) is 19.1 Å². The van der Waals surface area contributed by atoms with Gasteiger partial charge in [0.2, 0.25) is 0 Å². The number of rotatable bonds is 5. The Kier molecular flexibility index (Phi) is 5.39. The minimum absolute atomic E-state index is 0.0568. The van der Waals surface area contributed by atoms with Crippen LogP contribution in [0, 0.1) is 13.8 Å². The monoisotopic (exact) mass is 360 g/mol. The Balaban J connectivity index is 2.08. The van der Waals surface area contributed by atoms with Crippen LogP contribution in [-0.2, 0) is 20.7 Å². The predicted octanol–water partition coefficient (Wildman–Crippen LogP) is 3.35. The van der Waals surface area contributed by atoms with Crippen molar-refractivity contribution in [2.75, 3.05) is 6.61 Å². The van der Waals surface area contributed by atoms with E-state index >= 15 is 0 Å². The Morgan fingerprint density at radius 1 is 1.05 bits per heavy atom. The molecule has 0 saturated heterocycles. The minimum atomic E-state index is -3.80. The van der Waals surface area contributed by atoms with E-state index in [1.807, 2.05) is 6.92 Å². The normalized spacial score (nSPS) is 11.6. The van der Waals surface area contributed by atoms with Crippen LogP contribution in [0.15, 0.2) is 29.2 Å². The summed E-state index contributed by atoms with van der Waals surface area (Å²) in [6.07, 6.45) is 0.269. The lowest BCUT2D eigenvalue weighted by molar-refractivity contribution is 0.321. The second-order valence-corrected chi connectivity index (χ2v) is 7.06. The molecule has 0 aliphatic heterocycles. The summed E-state index contributed by atoms with van der Waals surface area (Å²) in [7, 11) is -3.80. The largest absolute Gasteiger partial charge is 0.296 e. The maximum absolute atomic E-state index is 12.1. The molecule has 0 radical (unpaired) electrons. The van der Waals surface area contributed by atoms with Gasteiger partial charge in [-0.15, -0.1) is 10.2 Å². The number of aromatic nitrogens is 2. The molecule has 2 rings (SSSR count). The topological polar surface area (TPSA) is 69.2 Å². The summed E-state index contributed by atoms with van der Waals surface area (Å²) >= 11 is 11.8. The first-order valence-corrected chi connectivity index (χ1v) is 8.61. The van der Waals surface area contributed by atoms with Crippen molar-refractivity contribution < 1.29 is 12.6 Å². The zero-order valence-corrected chi connectivity index (χ0v) is 14.3. The highest BCUT2D eigenvalue weighted by Crippen LogP contribution is 2.23. The van der Waals surface area contributed by atoms with Crippen LogP contribution < -0.4 is 0 Å². The summed E-state index contributed by atoms with van der Waals surface area (Å²) in [5.74, 6) is 0. The third-order valence-electron chi connectivity index (χ3n) is 3.14. The Morgan fingerprint density at radius 3 is 2.27 bits per heavy atom. The Morgan fingerprint density at radius 2 is 1.64 bits per heavy atom. The molecule has 118 valence electrons. The molecule has 1 heterocycles. The van der Waals surface area contributed by atoms with E-state index < -0.39 is 10.1 Å². The molecule has 0 saturated carbocycles. The second-order valence-electron chi connectivity index (χ2n) is 4.72. The predicted molar refractivity (Wildman–Crippen MR) is 84.8 cm³/mol. The molecule has 0 amide bonds. The van der Waals surface area contributed by atoms with Crippen LogP contribution in [0.5, 0.6) is 0 Å². The van der Waals surface area contributed by atoms with Gasteiger partial charge >= 0.3 is 0 Å². The fourth-order valence-corrected chi connectivity index (χ4v) is 3.15. The molecule has 5 nitrogen and oxygen atoms in total. The molecular weight excluding hydrogens is 347 g/mol. The van der Waals surface area contributed by atoms with E-state index in [0.717, 1.165) is 5.56 Å². The maximum Gasteiger partial charge on any atom is 0.296 e. The van der Waals surface area contributed by atoms with E-state index in [2.05, 4.69) is 10.2 Å². The molecule has 8 heteroatoms. The number of halogens is 2. The van der Waals surface area contributed by atoms with Gasteiger partial charge < -0.3 is 0 Å². The number of hydrogen-bond donors (Lipinski definition) is 0. The number of nitrogens with zero attached hydrogens (tertiary/aromatic N) is 2. The number of benzene rings is 1. The van der Waals surface area contributed by atoms with Gasteiger partial charge in [-0.05, 0) is 37.1 Å². The van der Waals surface area contributed by atoms with Crippen molar-refractivity contribution in [3.05, 3.63) is 51.3 Å². The first kappa shape index (κ1) is 17.1. The number of aryl methyl sites for hydroxylation is 1. The molecule has 0 unspecified atom stereocenters. The van der Waals surface area contributed by atoms with Gasteiger partial charge in [0.1, 0.15) is 0 Å². The van der Waals surface area contributed by atoms with E-state index in [9.17, 15) is 8.42 Å². The van der Waals surface area contributed by atoms with Crippen LogP contribution in [0.25, 0.3) is 0 Å². The summed E-state index contributed by atoms with van der Waals surface area (Å²) < 4.78 is 29.2. The molecule has 0 aliphatic carbocycles. The van der Waals surface area contributed by atoms with Gasteiger partial charge in [-0.1, -0.05) is 40.9 Å². The average Bonchev–Trinajstić information content (AvgIpc) is 2.47. The van der Waals surface area contributed by atoms with Crippen molar-refractivity contribution in [1.82, 2.24) is 10.2 Å². The van der Waals surface area contributed by atoms with E-state index in [-0.39, 0.29) is 28.2 Å². The first-order valence-electron chi connectivity index (χ1n) is 6.44.